The number of nitrogens with one attached hydrogen (secondary N) is 1. The number of halogens is 3. The molecule has 0 aliphatic carbocycles. The van der Waals surface area contributed by atoms with Gasteiger partial charge in [-0.15, -0.1) is 0 Å². The lowest BCUT2D eigenvalue weighted by Gasteiger charge is -2.16. The van der Waals surface area contributed by atoms with E-state index in [0.29, 0.717) is 17.0 Å². The molecule has 0 saturated heterocycles. The van der Waals surface area contributed by atoms with E-state index in [0.717, 1.165) is 16.9 Å². The van der Waals surface area contributed by atoms with Crippen LogP contribution in [0.2, 0.25) is 10.0 Å². The van der Waals surface area contributed by atoms with Crippen LogP contribution in [0.3, 0.4) is 0 Å². The van der Waals surface area contributed by atoms with Crippen LogP contribution in [0.5, 0.6) is 5.75 Å². The van der Waals surface area contributed by atoms with Crippen molar-refractivity contribution in [3.63, 3.8) is 0 Å². The third-order valence-electron chi connectivity index (χ3n) is 5.08. The summed E-state index contributed by atoms with van der Waals surface area (Å²) in [5, 5.41) is 3.11. The number of amides is 2. The summed E-state index contributed by atoms with van der Waals surface area (Å²) in [6.07, 6.45) is 0.730. The van der Waals surface area contributed by atoms with E-state index >= 15 is 0 Å². The number of carbonyl (C=O) groups excluding carboxylic acids is 3. The van der Waals surface area contributed by atoms with Crippen molar-refractivity contribution in [1.29, 1.82) is 0 Å². The zero-order valence-electron chi connectivity index (χ0n) is 17.8. The lowest BCUT2D eigenvalue weighted by molar-refractivity contribution is -0.120. The van der Waals surface area contributed by atoms with E-state index in [-0.39, 0.29) is 26.5 Å². The summed E-state index contributed by atoms with van der Waals surface area (Å²) in [4.78, 5) is 39.0. The van der Waals surface area contributed by atoms with Gasteiger partial charge < -0.3 is 10.1 Å². The van der Waals surface area contributed by atoms with Crippen LogP contribution in [-0.2, 0) is 16.0 Å². The highest BCUT2D eigenvalue weighted by Gasteiger charge is 2.39. The van der Waals surface area contributed by atoms with E-state index in [4.69, 9.17) is 39.5 Å². The first-order valence-corrected chi connectivity index (χ1v) is 11.3. The minimum Gasteiger partial charge on any atom is -0.423 e. The summed E-state index contributed by atoms with van der Waals surface area (Å²) in [5.41, 5.74) is 1.79. The average molecular weight is 516 g/mol. The fourth-order valence-corrected chi connectivity index (χ4v) is 4.13. The Labute approximate surface area is 210 Å². The maximum atomic E-state index is 12.9. The first-order valence-electron chi connectivity index (χ1n) is 10.2. The third kappa shape index (κ3) is 4.80. The summed E-state index contributed by atoms with van der Waals surface area (Å²) >= 11 is 18.2. The average Bonchev–Trinajstić information content (AvgIpc) is 3.02. The van der Waals surface area contributed by atoms with Gasteiger partial charge in [0, 0.05) is 15.7 Å². The van der Waals surface area contributed by atoms with E-state index in [1.54, 1.807) is 36.4 Å². The summed E-state index contributed by atoms with van der Waals surface area (Å²) < 4.78 is 5.51. The van der Waals surface area contributed by atoms with Crippen molar-refractivity contribution in [3.05, 3.63) is 98.6 Å². The Morgan fingerprint density at radius 1 is 0.912 bits per heavy atom. The van der Waals surface area contributed by atoms with Crippen molar-refractivity contribution in [2.45, 2.75) is 13.3 Å². The van der Waals surface area contributed by atoms with Gasteiger partial charge >= 0.3 is 5.97 Å². The van der Waals surface area contributed by atoms with Crippen molar-refractivity contribution in [2.75, 3.05) is 10.2 Å². The van der Waals surface area contributed by atoms with Crippen LogP contribution in [0, 0.1) is 0 Å². The van der Waals surface area contributed by atoms with Gasteiger partial charge in [-0.25, -0.2) is 9.69 Å². The van der Waals surface area contributed by atoms with Crippen LogP contribution >= 0.6 is 34.8 Å². The van der Waals surface area contributed by atoms with Gasteiger partial charge in [0.15, 0.2) is 0 Å². The fourth-order valence-electron chi connectivity index (χ4n) is 3.40. The Kier molecular flexibility index (Phi) is 6.93. The molecule has 0 fully saturated rings. The zero-order chi connectivity index (χ0) is 24.4. The second kappa shape index (κ2) is 9.89. The van der Waals surface area contributed by atoms with E-state index < -0.39 is 17.8 Å². The zero-order valence-corrected chi connectivity index (χ0v) is 20.0. The van der Waals surface area contributed by atoms with Gasteiger partial charge in [0.05, 0.1) is 11.3 Å². The Balaban J connectivity index is 1.50. The standard InChI is InChI=1S/C25H17Cl3N2O4/c1-2-14-5-3-4-6-20(14)34-25(33)15-7-9-18(10-8-15)29-22-21(28)23(31)30(24(22)32)19-12-16(26)11-17(27)13-19/h3-13,29H,2H2,1H3. The number of ether oxygens (including phenoxy) is 1. The summed E-state index contributed by atoms with van der Waals surface area (Å²) in [7, 11) is 0. The minimum atomic E-state index is -0.706. The van der Waals surface area contributed by atoms with Crippen molar-refractivity contribution in [1.82, 2.24) is 0 Å². The van der Waals surface area contributed by atoms with Crippen LogP contribution in [0.25, 0.3) is 0 Å². The highest BCUT2D eigenvalue weighted by Crippen LogP contribution is 2.33. The van der Waals surface area contributed by atoms with E-state index in [2.05, 4.69) is 5.32 Å². The molecule has 3 aromatic carbocycles. The molecule has 9 heteroatoms. The lowest BCUT2D eigenvalue weighted by atomic mass is 10.1. The number of para-hydroxylation sites is 1. The topological polar surface area (TPSA) is 75.7 Å². The number of carbonyl (C=O) groups is 3. The number of aryl methyl sites for hydroxylation is 1. The number of imide groups is 1. The Morgan fingerprint density at radius 3 is 2.21 bits per heavy atom. The molecule has 1 heterocycles. The van der Waals surface area contributed by atoms with E-state index in [1.165, 1.54) is 18.2 Å². The van der Waals surface area contributed by atoms with Gasteiger partial charge in [0.2, 0.25) is 0 Å². The molecule has 34 heavy (non-hydrogen) atoms. The van der Waals surface area contributed by atoms with Crippen LogP contribution in [0.1, 0.15) is 22.8 Å². The molecule has 172 valence electrons. The minimum absolute atomic E-state index is 0.102. The SMILES string of the molecule is CCc1ccccc1OC(=O)c1ccc(NC2=C(Cl)C(=O)N(c3cc(Cl)cc(Cl)c3)C2=O)cc1. The molecule has 0 unspecified atom stereocenters. The molecule has 0 saturated carbocycles. The normalized spacial score (nSPS) is 13.5. The molecule has 3 aromatic rings. The summed E-state index contributed by atoms with van der Waals surface area (Å²) in [6, 6.07) is 17.9. The number of esters is 1. The van der Waals surface area contributed by atoms with Crippen molar-refractivity contribution in [3.8, 4) is 5.75 Å². The van der Waals surface area contributed by atoms with Crippen LogP contribution in [-0.4, -0.2) is 17.8 Å². The lowest BCUT2D eigenvalue weighted by Crippen LogP contribution is -2.32. The van der Waals surface area contributed by atoms with Gasteiger partial charge in [0.25, 0.3) is 11.8 Å². The third-order valence-corrected chi connectivity index (χ3v) is 5.87. The molecular weight excluding hydrogens is 499 g/mol. The van der Waals surface area contributed by atoms with Crippen LogP contribution in [0.15, 0.2) is 77.5 Å². The fraction of sp³-hybridized carbons (Fsp3) is 0.0800. The first kappa shape index (κ1) is 23.8. The molecule has 0 radical (unpaired) electrons. The number of rotatable bonds is 6. The van der Waals surface area contributed by atoms with Gasteiger partial charge in [0.1, 0.15) is 16.5 Å². The molecule has 0 aromatic heterocycles. The quantitative estimate of drug-likeness (QED) is 0.240. The number of hydrogen-bond acceptors (Lipinski definition) is 5. The number of hydrogen-bond donors (Lipinski definition) is 1. The second-order valence-electron chi connectivity index (χ2n) is 7.32. The predicted molar refractivity (Wildman–Crippen MR) is 133 cm³/mol. The first-order chi connectivity index (χ1) is 16.3. The second-order valence-corrected chi connectivity index (χ2v) is 8.57. The van der Waals surface area contributed by atoms with Crippen LogP contribution < -0.4 is 15.0 Å². The number of benzene rings is 3. The molecule has 1 aliphatic rings. The maximum absolute atomic E-state index is 12.9. The molecular formula is C25H17Cl3N2O4. The molecule has 4 rings (SSSR count). The summed E-state index contributed by atoms with van der Waals surface area (Å²) in [6.45, 7) is 1.98. The maximum Gasteiger partial charge on any atom is 0.343 e. The van der Waals surface area contributed by atoms with Crippen LogP contribution in [0.4, 0.5) is 11.4 Å². The number of anilines is 2. The molecule has 2 amide bonds. The largest absolute Gasteiger partial charge is 0.423 e. The Hall–Kier alpha value is -3.32. The predicted octanol–water partition coefficient (Wildman–Crippen LogP) is 6.21. The van der Waals surface area contributed by atoms with Gasteiger partial charge in [-0.1, -0.05) is 59.9 Å². The molecule has 6 nitrogen and oxygen atoms in total. The smallest absolute Gasteiger partial charge is 0.343 e. The van der Waals surface area contributed by atoms with Crippen molar-refractivity contribution in [2.24, 2.45) is 0 Å². The molecule has 0 atom stereocenters. The van der Waals surface area contributed by atoms with E-state index in [9.17, 15) is 14.4 Å². The summed E-state index contributed by atoms with van der Waals surface area (Å²) in [5.74, 6) is -1.37. The monoisotopic (exact) mass is 514 g/mol. The van der Waals surface area contributed by atoms with Gasteiger partial charge in [-0.3, -0.25) is 9.59 Å². The van der Waals surface area contributed by atoms with Crippen molar-refractivity contribution >= 4 is 64.0 Å². The number of nitrogens with zero attached hydrogens (tertiary/aromatic N) is 1. The van der Waals surface area contributed by atoms with Gasteiger partial charge in [-0.05, 0) is 60.5 Å². The molecule has 1 N–H and O–H groups in total. The van der Waals surface area contributed by atoms with Gasteiger partial charge in [-0.2, -0.15) is 0 Å². The Bertz CT molecular complexity index is 1320. The van der Waals surface area contributed by atoms with Crippen molar-refractivity contribution < 1.29 is 19.1 Å². The highest BCUT2D eigenvalue weighted by atomic mass is 35.5. The molecule has 0 spiro atoms. The van der Waals surface area contributed by atoms with E-state index in [1.807, 2.05) is 19.1 Å². The highest BCUT2D eigenvalue weighted by molar-refractivity contribution is 6.53. The molecule has 0 bridgehead atoms. The Morgan fingerprint density at radius 2 is 1.56 bits per heavy atom. The molecule has 1 aliphatic heterocycles.